The van der Waals surface area contributed by atoms with Crippen LogP contribution in [0.5, 0.6) is 0 Å². The molecule has 1 aromatic carbocycles. The summed E-state index contributed by atoms with van der Waals surface area (Å²) in [6, 6.07) is 4.64. The lowest BCUT2D eigenvalue weighted by Gasteiger charge is -2.36. The molecule has 0 bridgehead atoms. The van der Waals surface area contributed by atoms with Crippen molar-refractivity contribution in [3.8, 4) is 0 Å². The van der Waals surface area contributed by atoms with Crippen LogP contribution in [0.3, 0.4) is 0 Å². The first-order chi connectivity index (χ1) is 16.2. The van der Waals surface area contributed by atoms with E-state index in [9.17, 15) is 19.2 Å². The van der Waals surface area contributed by atoms with Crippen LogP contribution in [0.15, 0.2) is 27.8 Å². The van der Waals surface area contributed by atoms with Crippen molar-refractivity contribution >= 4 is 46.2 Å². The maximum atomic E-state index is 13.1. The number of aromatic nitrogens is 4. The number of benzene rings is 1. The number of hydrogen-bond donors (Lipinski definition) is 1. The molecule has 2 aliphatic rings. The average molecular weight is 486 g/mol. The summed E-state index contributed by atoms with van der Waals surface area (Å²) in [5.74, 6) is 0.00435. The number of imidazole rings is 1. The Balaban J connectivity index is 1.32. The van der Waals surface area contributed by atoms with E-state index in [1.165, 1.54) is 16.5 Å². The van der Waals surface area contributed by atoms with Gasteiger partial charge in [0.1, 0.15) is 0 Å². The Bertz CT molecular complexity index is 1450. The van der Waals surface area contributed by atoms with E-state index in [0.29, 0.717) is 48.5 Å². The summed E-state index contributed by atoms with van der Waals surface area (Å²) in [7, 11) is 3.00. The number of carbonyl (C=O) groups is 2. The van der Waals surface area contributed by atoms with Crippen LogP contribution >= 0.6 is 11.6 Å². The lowest BCUT2D eigenvalue weighted by Crippen LogP contribution is -2.52. The van der Waals surface area contributed by atoms with E-state index in [-0.39, 0.29) is 23.8 Å². The molecule has 0 aliphatic carbocycles. The van der Waals surface area contributed by atoms with Gasteiger partial charge in [-0.1, -0.05) is 17.7 Å². The Morgan fingerprint density at radius 3 is 2.41 bits per heavy atom. The first-order valence-corrected chi connectivity index (χ1v) is 11.3. The molecule has 11 nitrogen and oxygen atoms in total. The average Bonchev–Trinajstić information content (AvgIpc) is 3.40. The van der Waals surface area contributed by atoms with Crippen LogP contribution in [-0.4, -0.2) is 68.0 Å². The van der Waals surface area contributed by atoms with Crippen molar-refractivity contribution in [2.75, 3.05) is 36.0 Å². The van der Waals surface area contributed by atoms with Gasteiger partial charge >= 0.3 is 5.69 Å². The van der Waals surface area contributed by atoms with E-state index >= 15 is 0 Å². The normalized spacial score (nSPS) is 19.6. The van der Waals surface area contributed by atoms with Gasteiger partial charge in [0, 0.05) is 45.3 Å². The summed E-state index contributed by atoms with van der Waals surface area (Å²) in [4.78, 5) is 63.2. The predicted molar refractivity (Wildman–Crippen MR) is 127 cm³/mol. The number of aromatic amines is 1. The van der Waals surface area contributed by atoms with Crippen LogP contribution in [0, 0.1) is 6.92 Å². The van der Waals surface area contributed by atoms with Crippen molar-refractivity contribution in [1.29, 1.82) is 0 Å². The standard InChI is InChI=1S/C22H24ClN7O4/c1-12-4-5-13(10-14(12)23)30-16(31)11-15(19(30)32)28-6-8-29(9-7-28)21-24-17-18(25-21)26(2)22(34)27(3)20(17)33/h4-5,10,15H,6-9,11H2,1-3H3,(H,24,25). The third kappa shape index (κ3) is 3.43. The van der Waals surface area contributed by atoms with Gasteiger partial charge < -0.3 is 9.88 Å². The first kappa shape index (κ1) is 22.4. The summed E-state index contributed by atoms with van der Waals surface area (Å²) >= 11 is 6.20. The number of imide groups is 1. The number of aryl methyl sites for hydroxylation is 2. The molecule has 2 saturated heterocycles. The SMILES string of the molecule is Cc1ccc(N2C(=O)CC(N3CCN(c4nc5c([nH]4)c(=O)n(C)c(=O)n5C)CC3)C2=O)cc1Cl. The highest BCUT2D eigenvalue weighted by Crippen LogP contribution is 2.30. The summed E-state index contributed by atoms with van der Waals surface area (Å²) in [5.41, 5.74) is 1.06. The molecule has 4 heterocycles. The summed E-state index contributed by atoms with van der Waals surface area (Å²) in [6.07, 6.45) is 0.118. The van der Waals surface area contributed by atoms with Crippen molar-refractivity contribution in [2.24, 2.45) is 14.1 Å². The van der Waals surface area contributed by atoms with Crippen molar-refractivity contribution in [2.45, 2.75) is 19.4 Å². The van der Waals surface area contributed by atoms with Crippen LogP contribution in [0.4, 0.5) is 11.6 Å². The molecule has 0 saturated carbocycles. The minimum atomic E-state index is -0.529. The molecule has 0 spiro atoms. The van der Waals surface area contributed by atoms with Crippen LogP contribution in [0.25, 0.3) is 11.2 Å². The number of H-pyrrole nitrogens is 1. The van der Waals surface area contributed by atoms with Crippen molar-refractivity contribution in [3.05, 3.63) is 49.6 Å². The summed E-state index contributed by atoms with van der Waals surface area (Å²) in [5, 5.41) is 0.508. The van der Waals surface area contributed by atoms with Crippen LogP contribution in [0.1, 0.15) is 12.0 Å². The number of amides is 2. The largest absolute Gasteiger partial charge is 0.340 e. The highest BCUT2D eigenvalue weighted by Gasteiger charge is 2.43. The zero-order valence-electron chi connectivity index (χ0n) is 19.0. The summed E-state index contributed by atoms with van der Waals surface area (Å²) < 4.78 is 2.37. The quantitative estimate of drug-likeness (QED) is 0.533. The molecule has 1 unspecified atom stereocenters. The number of carbonyl (C=O) groups excluding carboxylic acids is 2. The molecule has 1 N–H and O–H groups in total. The minimum absolute atomic E-state index is 0.118. The second-order valence-corrected chi connectivity index (χ2v) is 9.12. The van der Waals surface area contributed by atoms with Crippen molar-refractivity contribution in [1.82, 2.24) is 24.0 Å². The highest BCUT2D eigenvalue weighted by molar-refractivity contribution is 6.32. The van der Waals surface area contributed by atoms with E-state index in [2.05, 4.69) is 9.97 Å². The second-order valence-electron chi connectivity index (χ2n) is 8.71. The molecule has 178 valence electrons. The summed E-state index contributed by atoms with van der Waals surface area (Å²) in [6.45, 7) is 4.03. The molecule has 5 rings (SSSR count). The molecule has 2 aliphatic heterocycles. The molecule has 2 aromatic heterocycles. The van der Waals surface area contributed by atoms with Gasteiger partial charge in [0.25, 0.3) is 11.5 Å². The number of hydrogen-bond acceptors (Lipinski definition) is 7. The van der Waals surface area contributed by atoms with Gasteiger partial charge in [0.15, 0.2) is 11.2 Å². The van der Waals surface area contributed by atoms with E-state index in [1.807, 2.05) is 16.7 Å². The number of nitrogens with one attached hydrogen (secondary N) is 1. The van der Waals surface area contributed by atoms with E-state index in [0.717, 1.165) is 10.1 Å². The molecule has 34 heavy (non-hydrogen) atoms. The maximum Gasteiger partial charge on any atom is 0.332 e. The number of rotatable bonds is 3. The van der Waals surface area contributed by atoms with E-state index < -0.39 is 17.3 Å². The van der Waals surface area contributed by atoms with Gasteiger partial charge in [0.2, 0.25) is 11.9 Å². The van der Waals surface area contributed by atoms with Crippen LogP contribution in [-0.2, 0) is 23.7 Å². The zero-order valence-corrected chi connectivity index (χ0v) is 19.8. The Kier molecular flexibility index (Phi) is 5.33. The number of nitrogens with zero attached hydrogens (tertiary/aromatic N) is 6. The number of piperazine rings is 1. The third-order valence-electron chi connectivity index (χ3n) is 6.67. The fourth-order valence-electron chi connectivity index (χ4n) is 4.60. The topological polar surface area (TPSA) is 117 Å². The van der Waals surface area contributed by atoms with Crippen LogP contribution < -0.4 is 21.0 Å². The third-order valence-corrected chi connectivity index (χ3v) is 7.08. The predicted octanol–water partition coefficient (Wildman–Crippen LogP) is 0.376. The first-order valence-electron chi connectivity index (χ1n) is 10.9. The van der Waals surface area contributed by atoms with Crippen molar-refractivity contribution < 1.29 is 9.59 Å². The van der Waals surface area contributed by atoms with E-state index in [4.69, 9.17) is 11.6 Å². The molecule has 2 amide bonds. The number of halogens is 1. The Hall–Kier alpha value is -3.44. The molecule has 1 atom stereocenters. The molecule has 2 fully saturated rings. The number of fused-ring (bicyclic) bond motifs is 1. The molecule has 0 radical (unpaired) electrons. The molecular weight excluding hydrogens is 462 g/mol. The second kappa shape index (κ2) is 8.10. The monoisotopic (exact) mass is 485 g/mol. The molecule has 3 aromatic rings. The van der Waals surface area contributed by atoms with Gasteiger partial charge in [-0.15, -0.1) is 0 Å². The van der Waals surface area contributed by atoms with E-state index in [1.54, 1.807) is 25.2 Å². The van der Waals surface area contributed by atoms with Gasteiger partial charge in [-0.3, -0.25) is 28.4 Å². The minimum Gasteiger partial charge on any atom is -0.340 e. The van der Waals surface area contributed by atoms with Gasteiger partial charge in [-0.25, -0.2) is 9.69 Å². The van der Waals surface area contributed by atoms with Crippen LogP contribution in [0.2, 0.25) is 5.02 Å². The Morgan fingerprint density at radius 2 is 1.74 bits per heavy atom. The number of anilines is 2. The lowest BCUT2D eigenvalue weighted by molar-refractivity contribution is -0.123. The lowest BCUT2D eigenvalue weighted by atomic mass is 10.1. The highest BCUT2D eigenvalue weighted by atomic mass is 35.5. The maximum absolute atomic E-state index is 13.1. The fourth-order valence-corrected chi connectivity index (χ4v) is 4.78. The van der Waals surface area contributed by atoms with Gasteiger partial charge in [-0.2, -0.15) is 4.98 Å². The van der Waals surface area contributed by atoms with Gasteiger partial charge in [0.05, 0.1) is 18.2 Å². The Morgan fingerprint density at radius 1 is 1.03 bits per heavy atom. The molecular formula is C22H24ClN7O4. The smallest absolute Gasteiger partial charge is 0.332 e. The fraction of sp³-hybridized carbons (Fsp3) is 0.409. The van der Waals surface area contributed by atoms with Gasteiger partial charge in [-0.05, 0) is 24.6 Å². The zero-order chi connectivity index (χ0) is 24.3. The van der Waals surface area contributed by atoms with Crippen molar-refractivity contribution in [3.63, 3.8) is 0 Å². The molecule has 12 heteroatoms. The Labute approximate surface area is 199 Å².